The van der Waals surface area contributed by atoms with Gasteiger partial charge in [-0.3, -0.25) is 0 Å². The number of rotatable bonds is 1. The molecule has 0 aliphatic carbocycles. The molecule has 0 aromatic carbocycles. The van der Waals surface area contributed by atoms with Crippen molar-refractivity contribution < 1.29 is 0 Å². The lowest BCUT2D eigenvalue weighted by Crippen LogP contribution is -1.88. The van der Waals surface area contributed by atoms with E-state index in [0.717, 1.165) is 12.1 Å². The van der Waals surface area contributed by atoms with Crippen LogP contribution in [0.15, 0.2) is 6.20 Å². The van der Waals surface area contributed by atoms with Gasteiger partial charge in [0.1, 0.15) is 0 Å². The van der Waals surface area contributed by atoms with Gasteiger partial charge in [0.25, 0.3) is 0 Å². The van der Waals surface area contributed by atoms with Crippen molar-refractivity contribution in [2.45, 2.75) is 13.3 Å². The molecule has 1 rings (SSSR count). The van der Waals surface area contributed by atoms with Crippen LogP contribution in [0.3, 0.4) is 0 Å². The number of nitrogens with zero attached hydrogens (tertiary/aromatic N) is 2. The fourth-order valence-electron chi connectivity index (χ4n) is 0.833. The van der Waals surface area contributed by atoms with Crippen molar-refractivity contribution in [3.8, 4) is 12.3 Å². The molecule has 0 amide bonds. The van der Waals surface area contributed by atoms with E-state index < -0.39 is 0 Å². The Morgan fingerprint density at radius 2 is 2.50 bits per heavy atom. The minimum atomic E-state index is 0.705. The normalized spacial score (nSPS) is 9.30. The summed E-state index contributed by atoms with van der Waals surface area (Å²) in [6.07, 6.45) is 8.08. The number of hydrogen-bond acceptors (Lipinski definition) is 1. The minimum Gasteiger partial charge on any atom is -0.327 e. The van der Waals surface area contributed by atoms with E-state index in [1.807, 2.05) is 17.8 Å². The van der Waals surface area contributed by atoms with Gasteiger partial charge in [-0.2, -0.15) is 0 Å². The van der Waals surface area contributed by atoms with Crippen LogP contribution in [0.25, 0.3) is 0 Å². The molecule has 0 aliphatic heterocycles. The molecule has 1 heterocycles. The van der Waals surface area contributed by atoms with Gasteiger partial charge in [0.15, 0.2) is 5.82 Å². The highest BCUT2D eigenvalue weighted by Crippen LogP contribution is 1.99. The average molecular weight is 134 g/mol. The van der Waals surface area contributed by atoms with Crippen LogP contribution in [-0.2, 0) is 13.5 Å². The van der Waals surface area contributed by atoms with Crippen molar-refractivity contribution in [2.75, 3.05) is 0 Å². The Labute approximate surface area is 60.9 Å². The van der Waals surface area contributed by atoms with Crippen molar-refractivity contribution in [1.29, 1.82) is 0 Å². The van der Waals surface area contributed by atoms with Gasteiger partial charge in [-0.05, 0) is 12.3 Å². The summed E-state index contributed by atoms with van der Waals surface area (Å²) in [6, 6.07) is 0. The highest BCUT2D eigenvalue weighted by Gasteiger charge is 1.98. The second-order valence-electron chi connectivity index (χ2n) is 2.16. The monoisotopic (exact) mass is 134 g/mol. The summed E-state index contributed by atoms with van der Waals surface area (Å²) in [7, 11) is 1.90. The second-order valence-corrected chi connectivity index (χ2v) is 2.16. The average Bonchev–Trinajstić information content (AvgIpc) is 2.30. The van der Waals surface area contributed by atoms with E-state index in [4.69, 9.17) is 6.42 Å². The molecule has 0 aliphatic rings. The van der Waals surface area contributed by atoms with Crippen LogP contribution in [0.2, 0.25) is 0 Å². The Balaban J connectivity index is 3.07. The predicted octanol–water partition coefficient (Wildman–Crippen LogP) is 0.964. The number of aryl methyl sites for hydroxylation is 2. The number of hydrogen-bond donors (Lipinski definition) is 0. The number of terminal acetylenes is 1. The van der Waals surface area contributed by atoms with Crippen LogP contribution >= 0.6 is 0 Å². The zero-order chi connectivity index (χ0) is 7.56. The van der Waals surface area contributed by atoms with Gasteiger partial charge >= 0.3 is 0 Å². The first kappa shape index (κ1) is 6.88. The van der Waals surface area contributed by atoms with E-state index in [0.29, 0.717) is 5.82 Å². The zero-order valence-electron chi connectivity index (χ0n) is 6.26. The van der Waals surface area contributed by atoms with Crippen molar-refractivity contribution in [3.63, 3.8) is 0 Å². The standard InChI is InChI=1S/C8H10N2/c1-4-7-6-10(3)8(5-2)9-7/h2,6H,4H2,1,3H3. The van der Waals surface area contributed by atoms with E-state index >= 15 is 0 Å². The van der Waals surface area contributed by atoms with Crippen LogP contribution in [0.4, 0.5) is 0 Å². The van der Waals surface area contributed by atoms with E-state index in [1.54, 1.807) is 0 Å². The summed E-state index contributed by atoms with van der Waals surface area (Å²) in [5.74, 6) is 3.21. The molecule has 0 fully saturated rings. The summed E-state index contributed by atoms with van der Waals surface area (Å²) in [5, 5.41) is 0. The summed E-state index contributed by atoms with van der Waals surface area (Å²) in [5.41, 5.74) is 1.05. The molecule has 0 atom stereocenters. The van der Waals surface area contributed by atoms with Gasteiger partial charge in [-0.25, -0.2) is 4.98 Å². The maximum Gasteiger partial charge on any atom is 0.185 e. The van der Waals surface area contributed by atoms with Crippen LogP contribution in [0.1, 0.15) is 18.4 Å². The molecule has 2 heteroatoms. The summed E-state index contributed by atoms with van der Waals surface area (Å²) < 4.78 is 1.86. The van der Waals surface area contributed by atoms with Crippen LogP contribution in [0.5, 0.6) is 0 Å². The first-order valence-corrected chi connectivity index (χ1v) is 3.26. The molecular weight excluding hydrogens is 124 g/mol. The lowest BCUT2D eigenvalue weighted by Gasteiger charge is -1.86. The molecule has 2 nitrogen and oxygen atoms in total. The van der Waals surface area contributed by atoms with E-state index in [2.05, 4.69) is 17.8 Å². The lowest BCUT2D eigenvalue weighted by molar-refractivity contribution is 0.893. The van der Waals surface area contributed by atoms with Crippen molar-refractivity contribution >= 4 is 0 Å². The van der Waals surface area contributed by atoms with E-state index in [-0.39, 0.29) is 0 Å². The smallest absolute Gasteiger partial charge is 0.185 e. The fourth-order valence-corrected chi connectivity index (χ4v) is 0.833. The maximum atomic E-state index is 5.19. The third-order valence-electron chi connectivity index (χ3n) is 1.42. The lowest BCUT2D eigenvalue weighted by atomic mass is 10.4. The van der Waals surface area contributed by atoms with Crippen LogP contribution in [0, 0.1) is 12.3 Å². The molecule has 1 aromatic heterocycles. The molecular formula is C8H10N2. The van der Waals surface area contributed by atoms with Crippen molar-refractivity contribution in [3.05, 3.63) is 17.7 Å². The molecule has 0 spiro atoms. The Hall–Kier alpha value is -1.23. The van der Waals surface area contributed by atoms with Gasteiger partial charge in [0.05, 0.1) is 5.69 Å². The molecule has 10 heavy (non-hydrogen) atoms. The first-order chi connectivity index (χ1) is 4.77. The molecule has 0 bridgehead atoms. The Morgan fingerprint density at radius 3 is 2.80 bits per heavy atom. The Bertz CT molecular complexity index is 265. The minimum absolute atomic E-state index is 0.705. The largest absolute Gasteiger partial charge is 0.327 e. The molecule has 0 radical (unpaired) electrons. The van der Waals surface area contributed by atoms with Crippen molar-refractivity contribution in [2.24, 2.45) is 7.05 Å². The molecule has 0 unspecified atom stereocenters. The Kier molecular flexibility index (Phi) is 1.77. The molecule has 0 N–H and O–H groups in total. The highest BCUT2D eigenvalue weighted by molar-refractivity contribution is 5.19. The number of aromatic nitrogens is 2. The topological polar surface area (TPSA) is 17.8 Å². The Morgan fingerprint density at radius 1 is 1.80 bits per heavy atom. The third kappa shape index (κ3) is 1.03. The van der Waals surface area contributed by atoms with Crippen LogP contribution in [-0.4, -0.2) is 9.55 Å². The van der Waals surface area contributed by atoms with E-state index in [1.165, 1.54) is 0 Å². The molecule has 0 saturated carbocycles. The van der Waals surface area contributed by atoms with Gasteiger partial charge in [0.2, 0.25) is 0 Å². The summed E-state index contributed by atoms with van der Waals surface area (Å²) in [6.45, 7) is 2.06. The quantitative estimate of drug-likeness (QED) is 0.523. The van der Waals surface area contributed by atoms with Gasteiger partial charge < -0.3 is 4.57 Å². The molecule has 52 valence electrons. The van der Waals surface area contributed by atoms with Gasteiger partial charge in [-0.15, -0.1) is 6.42 Å². The van der Waals surface area contributed by atoms with E-state index in [9.17, 15) is 0 Å². The first-order valence-electron chi connectivity index (χ1n) is 3.26. The zero-order valence-corrected chi connectivity index (χ0v) is 6.26. The fraction of sp³-hybridized carbons (Fsp3) is 0.375. The SMILES string of the molecule is C#Cc1nc(CC)cn1C. The second kappa shape index (κ2) is 2.57. The molecule has 1 aromatic rings. The predicted molar refractivity (Wildman–Crippen MR) is 40.5 cm³/mol. The summed E-state index contributed by atoms with van der Waals surface area (Å²) >= 11 is 0. The van der Waals surface area contributed by atoms with Crippen molar-refractivity contribution in [1.82, 2.24) is 9.55 Å². The molecule has 0 saturated heterocycles. The van der Waals surface area contributed by atoms with Gasteiger partial charge in [0, 0.05) is 13.2 Å². The summed E-state index contributed by atoms with van der Waals surface area (Å²) in [4.78, 5) is 4.17. The number of imidazole rings is 1. The maximum absolute atomic E-state index is 5.19. The third-order valence-corrected chi connectivity index (χ3v) is 1.42. The highest BCUT2D eigenvalue weighted by atomic mass is 15.0. The van der Waals surface area contributed by atoms with Gasteiger partial charge in [-0.1, -0.05) is 6.92 Å². The van der Waals surface area contributed by atoms with Crippen LogP contribution < -0.4 is 0 Å².